The van der Waals surface area contributed by atoms with E-state index in [4.69, 9.17) is 4.74 Å². The zero-order chi connectivity index (χ0) is 12.0. The van der Waals surface area contributed by atoms with Crippen LogP contribution in [0.1, 0.15) is 12.0 Å². The van der Waals surface area contributed by atoms with E-state index in [-0.39, 0.29) is 0 Å². The summed E-state index contributed by atoms with van der Waals surface area (Å²) in [6, 6.07) is 0. The highest BCUT2D eigenvalue weighted by molar-refractivity contribution is 5.49. The predicted octanol–water partition coefficient (Wildman–Crippen LogP) is 0.839. The SMILES string of the molecule is CNCCCN(C)c1ncnc(OC)c1C. The van der Waals surface area contributed by atoms with Gasteiger partial charge < -0.3 is 15.0 Å². The Morgan fingerprint density at radius 2 is 2.19 bits per heavy atom. The number of ether oxygens (including phenoxy) is 1. The summed E-state index contributed by atoms with van der Waals surface area (Å²) in [4.78, 5) is 10.5. The summed E-state index contributed by atoms with van der Waals surface area (Å²) in [7, 11) is 5.61. The molecule has 0 fully saturated rings. The van der Waals surface area contributed by atoms with E-state index in [0.29, 0.717) is 5.88 Å². The first kappa shape index (κ1) is 12.7. The Balaban J connectivity index is 2.71. The van der Waals surface area contributed by atoms with Gasteiger partial charge in [-0.1, -0.05) is 0 Å². The van der Waals surface area contributed by atoms with E-state index >= 15 is 0 Å². The van der Waals surface area contributed by atoms with Crippen molar-refractivity contribution < 1.29 is 4.74 Å². The van der Waals surface area contributed by atoms with Crippen LogP contribution in [0.2, 0.25) is 0 Å². The molecule has 0 aliphatic heterocycles. The molecule has 0 aliphatic carbocycles. The first-order valence-corrected chi connectivity index (χ1v) is 5.42. The van der Waals surface area contributed by atoms with Crippen molar-refractivity contribution in [1.82, 2.24) is 15.3 Å². The largest absolute Gasteiger partial charge is 0.481 e. The fourth-order valence-electron chi connectivity index (χ4n) is 1.61. The molecule has 0 unspecified atom stereocenters. The lowest BCUT2D eigenvalue weighted by atomic mass is 10.3. The molecule has 0 saturated heterocycles. The molecule has 0 amide bonds. The molecule has 0 aromatic carbocycles. The number of nitrogens with one attached hydrogen (secondary N) is 1. The molecule has 16 heavy (non-hydrogen) atoms. The predicted molar refractivity (Wildman–Crippen MR) is 65.1 cm³/mol. The molecule has 1 aromatic rings. The molecule has 0 radical (unpaired) electrons. The maximum atomic E-state index is 5.17. The Morgan fingerprint density at radius 3 is 2.81 bits per heavy atom. The van der Waals surface area contributed by atoms with Crippen molar-refractivity contribution >= 4 is 5.82 Å². The van der Waals surface area contributed by atoms with Crippen molar-refractivity contribution in [1.29, 1.82) is 0 Å². The van der Waals surface area contributed by atoms with Gasteiger partial charge in [0.2, 0.25) is 5.88 Å². The molecule has 0 bridgehead atoms. The highest BCUT2D eigenvalue weighted by atomic mass is 16.5. The fourth-order valence-corrected chi connectivity index (χ4v) is 1.61. The molecule has 0 aliphatic rings. The van der Waals surface area contributed by atoms with E-state index in [9.17, 15) is 0 Å². The van der Waals surface area contributed by atoms with Crippen LogP contribution in [0.25, 0.3) is 0 Å². The van der Waals surface area contributed by atoms with Crippen LogP contribution in [-0.4, -0.2) is 44.3 Å². The zero-order valence-electron chi connectivity index (χ0n) is 10.4. The summed E-state index contributed by atoms with van der Waals surface area (Å²) in [6.45, 7) is 3.94. The lowest BCUT2D eigenvalue weighted by Crippen LogP contribution is -2.24. The van der Waals surface area contributed by atoms with Crippen molar-refractivity contribution in [3.05, 3.63) is 11.9 Å². The Labute approximate surface area is 96.8 Å². The number of methoxy groups -OCH3 is 1. The highest BCUT2D eigenvalue weighted by Gasteiger charge is 2.10. The fraction of sp³-hybridized carbons (Fsp3) is 0.636. The van der Waals surface area contributed by atoms with Gasteiger partial charge in [0.25, 0.3) is 0 Å². The summed E-state index contributed by atoms with van der Waals surface area (Å²) in [5.74, 6) is 1.58. The second-order valence-electron chi connectivity index (χ2n) is 3.71. The quantitative estimate of drug-likeness (QED) is 0.726. The third-order valence-electron chi connectivity index (χ3n) is 2.49. The summed E-state index contributed by atoms with van der Waals surface area (Å²) in [5.41, 5.74) is 0.983. The topological polar surface area (TPSA) is 50.3 Å². The molecule has 90 valence electrons. The van der Waals surface area contributed by atoms with Gasteiger partial charge in [-0.15, -0.1) is 0 Å². The van der Waals surface area contributed by atoms with Crippen LogP contribution >= 0.6 is 0 Å². The van der Waals surface area contributed by atoms with Crippen LogP contribution in [0.15, 0.2) is 6.33 Å². The minimum atomic E-state index is 0.644. The number of hydrogen-bond acceptors (Lipinski definition) is 5. The Hall–Kier alpha value is -1.36. The van der Waals surface area contributed by atoms with Crippen LogP contribution in [0.5, 0.6) is 5.88 Å². The van der Waals surface area contributed by atoms with Crippen LogP contribution in [0.4, 0.5) is 5.82 Å². The van der Waals surface area contributed by atoms with E-state index in [0.717, 1.165) is 30.9 Å². The third-order valence-corrected chi connectivity index (χ3v) is 2.49. The van der Waals surface area contributed by atoms with Gasteiger partial charge in [-0.25, -0.2) is 9.97 Å². The second kappa shape index (κ2) is 6.27. The van der Waals surface area contributed by atoms with Gasteiger partial charge in [0, 0.05) is 13.6 Å². The summed E-state index contributed by atoms with van der Waals surface area (Å²) in [5, 5.41) is 3.13. The summed E-state index contributed by atoms with van der Waals surface area (Å²) in [6.07, 6.45) is 2.62. The molecule has 5 nitrogen and oxygen atoms in total. The third kappa shape index (κ3) is 3.06. The van der Waals surface area contributed by atoms with Gasteiger partial charge in [0.05, 0.1) is 12.7 Å². The van der Waals surface area contributed by atoms with Gasteiger partial charge in [-0.3, -0.25) is 0 Å². The van der Waals surface area contributed by atoms with E-state index in [2.05, 4.69) is 20.2 Å². The maximum absolute atomic E-state index is 5.17. The molecular weight excluding hydrogens is 204 g/mol. The molecule has 0 saturated carbocycles. The Morgan fingerprint density at radius 1 is 1.44 bits per heavy atom. The Bertz CT molecular complexity index is 330. The first-order chi connectivity index (χ1) is 7.70. The normalized spacial score (nSPS) is 10.2. The lowest BCUT2D eigenvalue weighted by Gasteiger charge is -2.20. The number of aromatic nitrogens is 2. The van der Waals surface area contributed by atoms with Gasteiger partial charge in [0.1, 0.15) is 12.1 Å². The minimum Gasteiger partial charge on any atom is -0.481 e. The summed E-state index contributed by atoms with van der Waals surface area (Å²) < 4.78 is 5.17. The van der Waals surface area contributed by atoms with Crippen molar-refractivity contribution in [3.8, 4) is 5.88 Å². The van der Waals surface area contributed by atoms with Crippen molar-refractivity contribution in [2.75, 3.05) is 39.2 Å². The standard InChI is InChI=1S/C11H20N4O/c1-9-10(13-8-14-11(9)16-4)15(3)7-5-6-12-2/h8,12H,5-7H2,1-4H3. The lowest BCUT2D eigenvalue weighted by molar-refractivity contribution is 0.393. The van der Waals surface area contributed by atoms with Crippen molar-refractivity contribution in [2.45, 2.75) is 13.3 Å². The monoisotopic (exact) mass is 224 g/mol. The molecule has 0 spiro atoms. The molecule has 1 heterocycles. The van der Waals surface area contributed by atoms with E-state index in [1.54, 1.807) is 7.11 Å². The number of hydrogen-bond donors (Lipinski definition) is 1. The molecule has 0 atom stereocenters. The maximum Gasteiger partial charge on any atom is 0.221 e. The first-order valence-electron chi connectivity index (χ1n) is 5.42. The van der Waals surface area contributed by atoms with Crippen LogP contribution in [0, 0.1) is 6.92 Å². The van der Waals surface area contributed by atoms with E-state index in [1.165, 1.54) is 6.33 Å². The van der Waals surface area contributed by atoms with Crippen molar-refractivity contribution in [2.24, 2.45) is 0 Å². The molecule has 1 aromatic heterocycles. The smallest absolute Gasteiger partial charge is 0.221 e. The van der Waals surface area contributed by atoms with Gasteiger partial charge in [-0.2, -0.15) is 0 Å². The number of rotatable bonds is 6. The van der Waals surface area contributed by atoms with Crippen molar-refractivity contribution in [3.63, 3.8) is 0 Å². The van der Waals surface area contributed by atoms with Crippen LogP contribution in [-0.2, 0) is 0 Å². The number of anilines is 1. The van der Waals surface area contributed by atoms with Gasteiger partial charge in [0.15, 0.2) is 0 Å². The van der Waals surface area contributed by atoms with Gasteiger partial charge >= 0.3 is 0 Å². The molecule has 1 N–H and O–H groups in total. The average molecular weight is 224 g/mol. The van der Waals surface area contributed by atoms with E-state index < -0.39 is 0 Å². The molecular formula is C11H20N4O. The van der Waals surface area contributed by atoms with Crippen LogP contribution in [0.3, 0.4) is 0 Å². The molecule has 5 heteroatoms. The summed E-state index contributed by atoms with van der Waals surface area (Å²) >= 11 is 0. The van der Waals surface area contributed by atoms with Crippen LogP contribution < -0.4 is 15.0 Å². The number of nitrogens with zero attached hydrogens (tertiary/aromatic N) is 3. The minimum absolute atomic E-state index is 0.644. The molecule has 1 rings (SSSR count). The van der Waals surface area contributed by atoms with E-state index in [1.807, 2.05) is 21.0 Å². The highest BCUT2D eigenvalue weighted by Crippen LogP contribution is 2.22. The second-order valence-corrected chi connectivity index (χ2v) is 3.71. The zero-order valence-corrected chi connectivity index (χ0v) is 10.4. The average Bonchev–Trinajstić information content (AvgIpc) is 2.29. The van der Waals surface area contributed by atoms with Gasteiger partial charge in [-0.05, 0) is 26.9 Å². The Kier molecular flexibility index (Phi) is 4.98.